The molecule has 2 heterocycles. The predicted molar refractivity (Wildman–Crippen MR) is 90.5 cm³/mol. The fourth-order valence-corrected chi connectivity index (χ4v) is 4.32. The van der Waals surface area contributed by atoms with Crippen LogP contribution in [0, 0.1) is 0 Å². The number of aliphatic carboxylic acids is 1. The molecule has 8 heteroatoms. The van der Waals surface area contributed by atoms with Crippen LogP contribution in [0.5, 0.6) is 0 Å². The zero-order valence-corrected chi connectivity index (χ0v) is 14.2. The van der Waals surface area contributed by atoms with Gasteiger partial charge in [0, 0.05) is 10.4 Å². The number of aliphatic hydroxyl groups is 1. The molecule has 2 aliphatic rings. The molecule has 2 fully saturated rings. The average molecular weight is 352 g/mol. The van der Waals surface area contributed by atoms with Gasteiger partial charge in [0.25, 0.3) is 0 Å². The normalized spacial score (nSPS) is 23.5. The lowest BCUT2D eigenvalue weighted by Crippen LogP contribution is -2.56. The van der Waals surface area contributed by atoms with Crippen LogP contribution in [0.4, 0.5) is 5.69 Å². The third-order valence-corrected chi connectivity index (χ3v) is 5.26. The fraction of sp³-hybridized carbons (Fsp3) is 0.438. The van der Waals surface area contributed by atoms with E-state index in [2.05, 4.69) is 5.32 Å². The Balaban J connectivity index is 0.000000177. The number of carbonyl (C=O) groups excluding carboxylic acids is 2. The summed E-state index contributed by atoms with van der Waals surface area (Å²) in [4.78, 5) is 34.2. The highest BCUT2D eigenvalue weighted by atomic mass is 32.2. The number of β-lactam (4-membered cyclic amide) rings is 1. The number of aliphatic hydroxyl groups excluding tert-OH is 1. The van der Waals surface area contributed by atoms with Crippen LogP contribution in [0.15, 0.2) is 30.3 Å². The van der Waals surface area contributed by atoms with E-state index in [0.29, 0.717) is 12.1 Å². The molecule has 1 aromatic rings. The highest BCUT2D eigenvalue weighted by Gasteiger charge is 2.58. The molecule has 3 rings (SSSR count). The van der Waals surface area contributed by atoms with Crippen molar-refractivity contribution in [2.45, 2.75) is 36.4 Å². The van der Waals surface area contributed by atoms with E-state index in [1.54, 1.807) is 23.9 Å². The van der Waals surface area contributed by atoms with Crippen molar-refractivity contribution in [2.75, 3.05) is 11.9 Å². The number of benzene rings is 1. The van der Waals surface area contributed by atoms with Gasteiger partial charge in [-0.3, -0.25) is 9.59 Å². The maximum absolute atomic E-state index is 11.2. The largest absolute Gasteiger partial charge is 0.480 e. The smallest absolute Gasteiger partial charge is 0.327 e. The summed E-state index contributed by atoms with van der Waals surface area (Å²) in [6.07, 6.45) is 0.498. The Bertz CT molecular complexity index is 635. The van der Waals surface area contributed by atoms with Gasteiger partial charge >= 0.3 is 5.97 Å². The van der Waals surface area contributed by atoms with Crippen molar-refractivity contribution >= 4 is 35.2 Å². The number of thioether (sulfide) groups is 1. The molecule has 0 saturated carbocycles. The number of anilines is 1. The number of fused-ring (bicyclic) bond motifs is 1. The average Bonchev–Trinajstić information content (AvgIpc) is 2.75. The van der Waals surface area contributed by atoms with Crippen LogP contribution in [0.3, 0.4) is 0 Å². The summed E-state index contributed by atoms with van der Waals surface area (Å²) in [6.45, 7) is 3.28. The topological polar surface area (TPSA) is 107 Å². The van der Waals surface area contributed by atoms with Gasteiger partial charge in [0.1, 0.15) is 12.6 Å². The van der Waals surface area contributed by atoms with E-state index in [0.717, 1.165) is 0 Å². The molecule has 7 nitrogen and oxygen atoms in total. The summed E-state index contributed by atoms with van der Waals surface area (Å²) < 4.78 is -0.358. The number of nitrogens with one attached hydrogen (secondary N) is 1. The van der Waals surface area contributed by atoms with Crippen LogP contribution in [0.1, 0.15) is 20.3 Å². The Hall–Kier alpha value is -2.06. The molecule has 0 spiro atoms. The molecule has 0 radical (unpaired) electrons. The van der Waals surface area contributed by atoms with Crippen molar-refractivity contribution in [3.8, 4) is 0 Å². The molecule has 0 aliphatic carbocycles. The first-order chi connectivity index (χ1) is 11.3. The number of carboxylic acids is 1. The van der Waals surface area contributed by atoms with Crippen molar-refractivity contribution in [3.05, 3.63) is 30.3 Å². The molecule has 0 aromatic heterocycles. The Morgan fingerprint density at radius 2 is 1.96 bits per heavy atom. The molecule has 2 amide bonds. The van der Waals surface area contributed by atoms with Crippen LogP contribution < -0.4 is 5.32 Å². The second-order valence-corrected chi connectivity index (χ2v) is 7.83. The van der Waals surface area contributed by atoms with Crippen LogP contribution in [-0.4, -0.2) is 55.7 Å². The Morgan fingerprint density at radius 3 is 2.42 bits per heavy atom. The summed E-state index contributed by atoms with van der Waals surface area (Å²) in [7, 11) is 0. The van der Waals surface area contributed by atoms with Gasteiger partial charge in [-0.1, -0.05) is 18.2 Å². The molecule has 24 heavy (non-hydrogen) atoms. The van der Waals surface area contributed by atoms with Gasteiger partial charge in [0.2, 0.25) is 11.8 Å². The van der Waals surface area contributed by atoms with Crippen molar-refractivity contribution in [1.29, 1.82) is 0 Å². The van der Waals surface area contributed by atoms with E-state index in [4.69, 9.17) is 10.2 Å². The first-order valence-electron chi connectivity index (χ1n) is 7.44. The number of carboxylic acid groups (broad SMARTS) is 1. The minimum atomic E-state index is -0.895. The monoisotopic (exact) mass is 352 g/mol. The second kappa shape index (κ2) is 7.23. The maximum atomic E-state index is 11.2. The minimum absolute atomic E-state index is 0.0320. The van der Waals surface area contributed by atoms with E-state index in [1.165, 1.54) is 4.90 Å². The number of amides is 2. The molecule has 130 valence electrons. The first-order valence-corrected chi connectivity index (χ1v) is 8.32. The highest BCUT2D eigenvalue weighted by Crippen LogP contribution is 2.50. The number of nitrogens with zero attached hydrogens (tertiary/aromatic N) is 1. The third-order valence-electron chi connectivity index (χ3n) is 3.76. The number of para-hydroxylation sites is 1. The summed E-state index contributed by atoms with van der Waals surface area (Å²) >= 11 is 1.58. The van der Waals surface area contributed by atoms with Crippen molar-refractivity contribution < 1.29 is 24.6 Å². The van der Waals surface area contributed by atoms with E-state index in [9.17, 15) is 14.4 Å². The molecular formula is C16H20N2O5S. The third kappa shape index (κ3) is 3.88. The van der Waals surface area contributed by atoms with E-state index in [-0.39, 0.29) is 16.0 Å². The van der Waals surface area contributed by atoms with Gasteiger partial charge in [-0.15, -0.1) is 11.8 Å². The Labute approximate surface area is 144 Å². The summed E-state index contributed by atoms with van der Waals surface area (Å²) in [6, 6.07) is 8.35. The van der Waals surface area contributed by atoms with Crippen LogP contribution in [-0.2, 0) is 14.4 Å². The SMILES string of the molecule is CC1(C)S[C@@H]2CC(=O)N2[C@H]1C(=O)O.O=C(CO)Nc1ccccc1. The summed E-state index contributed by atoms with van der Waals surface area (Å²) in [5.74, 6) is -1.32. The molecule has 2 aliphatic heterocycles. The first kappa shape index (κ1) is 18.3. The van der Waals surface area contributed by atoms with Crippen LogP contribution in [0.25, 0.3) is 0 Å². The molecule has 0 bridgehead atoms. The molecular weight excluding hydrogens is 332 g/mol. The van der Waals surface area contributed by atoms with Gasteiger partial charge in [0.15, 0.2) is 0 Å². The minimum Gasteiger partial charge on any atom is -0.480 e. The lowest BCUT2D eigenvalue weighted by atomic mass is 9.98. The predicted octanol–water partition coefficient (Wildman–Crippen LogP) is 1.14. The van der Waals surface area contributed by atoms with Gasteiger partial charge in [0.05, 0.1) is 11.8 Å². The summed E-state index contributed by atoms with van der Waals surface area (Å²) in [5.41, 5.74) is 0.701. The van der Waals surface area contributed by atoms with Gasteiger partial charge in [-0.05, 0) is 26.0 Å². The van der Waals surface area contributed by atoms with E-state index < -0.39 is 24.5 Å². The quantitative estimate of drug-likeness (QED) is 0.704. The number of rotatable bonds is 3. The van der Waals surface area contributed by atoms with Crippen molar-refractivity contribution in [1.82, 2.24) is 4.90 Å². The van der Waals surface area contributed by atoms with Crippen molar-refractivity contribution in [3.63, 3.8) is 0 Å². The molecule has 3 N–H and O–H groups in total. The van der Waals surface area contributed by atoms with Gasteiger partial charge in [-0.25, -0.2) is 4.79 Å². The fourth-order valence-electron chi connectivity index (χ4n) is 2.70. The Kier molecular flexibility index (Phi) is 5.51. The molecule has 2 atom stereocenters. The zero-order chi connectivity index (χ0) is 17.9. The molecule has 2 saturated heterocycles. The van der Waals surface area contributed by atoms with E-state index in [1.807, 2.05) is 32.0 Å². The van der Waals surface area contributed by atoms with Crippen LogP contribution >= 0.6 is 11.8 Å². The summed E-state index contributed by atoms with van der Waals surface area (Å²) in [5, 5.41) is 20.0. The number of carbonyl (C=O) groups is 3. The number of hydrogen-bond donors (Lipinski definition) is 3. The van der Waals surface area contributed by atoms with Gasteiger partial charge in [-0.2, -0.15) is 0 Å². The molecule has 0 unspecified atom stereocenters. The lowest BCUT2D eigenvalue weighted by molar-refractivity contribution is -0.157. The van der Waals surface area contributed by atoms with Crippen LogP contribution in [0.2, 0.25) is 0 Å². The standard InChI is InChI=1S/C8H11NO3S.C8H9NO2/c1-8(2)6(7(11)12)9-4(10)3-5(9)13-8;10-6-8(11)9-7-4-2-1-3-5-7/h5-6H,3H2,1-2H3,(H,11,12);1-5,10H,6H2,(H,9,11)/t5-,6+;/m1./s1. The number of hydrogen-bond acceptors (Lipinski definition) is 5. The maximum Gasteiger partial charge on any atom is 0.327 e. The highest BCUT2D eigenvalue weighted by molar-refractivity contribution is 8.01. The molecule has 1 aromatic carbocycles. The lowest BCUT2D eigenvalue weighted by Gasteiger charge is -2.36. The van der Waals surface area contributed by atoms with Crippen molar-refractivity contribution in [2.24, 2.45) is 0 Å². The van der Waals surface area contributed by atoms with Gasteiger partial charge < -0.3 is 20.4 Å². The zero-order valence-electron chi connectivity index (χ0n) is 13.4. The second-order valence-electron chi connectivity index (χ2n) is 5.99. The Morgan fingerprint density at radius 1 is 1.33 bits per heavy atom. The van der Waals surface area contributed by atoms with E-state index >= 15 is 0 Å².